The minimum absolute atomic E-state index is 0.937. The smallest absolute Gasteiger partial charge is 0.0702 e. The molecule has 2 aromatic rings. The van der Waals surface area contributed by atoms with Gasteiger partial charge in [0.25, 0.3) is 0 Å². The Hall–Kier alpha value is -1.63. The van der Waals surface area contributed by atoms with Crippen LogP contribution in [0.1, 0.15) is 108 Å². The minimum atomic E-state index is 0.937. The predicted octanol–water partition coefficient (Wildman–Crippen LogP) is 9.19. The number of aryl methyl sites for hydroxylation is 2. The van der Waals surface area contributed by atoms with Crippen molar-refractivity contribution in [2.45, 2.75) is 110 Å². The van der Waals surface area contributed by atoms with Crippen LogP contribution in [0.3, 0.4) is 0 Å². The van der Waals surface area contributed by atoms with E-state index in [9.17, 15) is 0 Å². The first-order valence-electron chi connectivity index (χ1n) is 13.3. The van der Waals surface area contributed by atoms with Gasteiger partial charge in [-0.05, 0) is 54.7 Å². The van der Waals surface area contributed by atoms with Crippen molar-refractivity contribution >= 4 is 0 Å². The number of rotatable bonds is 13. The van der Waals surface area contributed by atoms with Gasteiger partial charge in [-0.1, -0.05) is 115 Å². The molecule has 0 bridgehead atoms. The molecule has 1 heterocycles. The molecule has 1 aromatic heterocycles. The van der Waals surface area contributed by atoms with E-state index in [0.717, 1.165) is 17.5 Å². The molecule has 0 amide bonds. The van der Waals surface area contributed by atoms with E-state index in [2.05, 4.69) is 56.4 Å². The maximum atomic E-state index is 4.77. The summed E-state index contributed by atoms with van der Waals surface area (Å²) in [5.41, 5.74) is 5.18. The Morgan fingerprint density at radius 1 is 0.645 bits per heavy atom. The normalized spacial score (nSPS) is 18.9. The zero-order valence-corrected chi connectivity index (χ0v) is 20.2. The summed E-state index contributed by atoms with van der Waals surface area (Å²) in [6.45, 7) is 4.56. The van der Waals surface area contributed by atoms with Gasteiger partial charge in [0.05, 0.1) is 5.69 Å². The zero-order chi connectivity index (χ0) is 21.7. The highest BCUT2D eigenvalue weighted by atomic mass is 14.7. The first-order valence-corrected chi connectivity index (χ1v) is 13.3. The van der Waals surface area contributed by atoms with Gasteiger partial charge in [-0.3, -0.25) is 4.98 Å². The zero-order valence-electron chi connectivity index (χ0n) is 20.2. The van der Waals surface area contributed by atoms with Crippen LogP contribution >= 0.6 is 0 Å². The van der Waals surface area contributed by atoms with Gasteiger partial charge < -0.3 is 0 Å². The molecule has 31 heavy (non-hydrogen) atoms. The highest BCUT2D eigenvalue weighted by Gasteiger charge is 2.20. The summed E-state index contributed by atoms with van der Waals surface area (Å²) < 4.78 is 0. The molecule has 1 heteroatoms. The lowest BCUT2D eigenvalue weighted by Crippen LogP contribution is -2.15. The molecule has 0 radical (unpaired) electrons. The summed E-state index contributed by atoms with van der Waals surface area (Å²) in [7, 11) is 0. The van der Waals surface area contributed by atoms with Crippen molar-refractivity contribution in [3.05, 3.63) is 53.7 Å². The lowest BCUT2D eigenvalue weighted by atomic mass is 9.78. The minimum Gasteiger partial charge on any atom is -0.256 e. The van der Waals surface area contributed by atoms with E-state index < -0.39 is 0 Å². The predicted molar refractivity (Wildman–Crippen MR) is 135 cm³/mol. The molecule has 1 saturated carbocycles. The number of nitrogens with zero attached hydrogens (tertiary/aromatic N) is 1. The number of aromatic nitrogens is 1. The molecule has 0 N–H and O–H groups in total. The Balaban J connectivity index is 1.36. The Kier molecular flexibility index (Phi) is 10.6. The largest absolute Gasteiger partial charge is 0.256 e. The molecule has 1 fully saturated rings. The van der Waals surface area contributed by atoms with Crippen molar-refractivity contribution in [3.63, 3.8) is 0 Å². The molecular weight excluding hydrogens is 374 g/mol. The molecule has 170 valence electrons. The molecule has 1 aliphatic carbocycles. The fourth-order valence-corrected chi connectivity index (χ4v) is 5.18. The second kappa shape index (κ2) is 13.7. The van der Waals surface area contributed by atoms with Crippen molar-refractivity contribution < 1.29 is 0 Å². The number of hydrogen-bond donors (Lipinski definition) is 0. The molecule has 0 atom stereocenters. The van der Waals surface area contributed by atoms with E-state index in [4.69, 9.17) is 4.98 Å². The molecule has 1 aliphatic rings. The molecule has 0 aliphatic heterocycles. The Bertz CT molecular complexity index is 707. The fraction of sp³-hybridized carbons (Fsp3) is 0.633. The van der Waals surface area contributed by atoms with E-state index in [1.807, 2.05) is 0 Å². The van der Waals surface area contributed by atoms with Crippen molar-refractivity contribution in [2.75, 3.05) is 0 Å². The van der Waals surface area contributed by atoms with Gasteiger partial charge in [0.2, 0.25) is 0 Å². The quantitative estimate of drug-likeness (QED) is 0.295. The van der Waals surface area contributed by atoms with E-state index in [0.29, 0.717) is 0 Å². The topological polar surface area (TPSA) is 12.9 Å². The monoisotopic (exact) mass is 419 g/mol. The van der Waals surface area contributed by atoms with Crippen LogP contribution in [0.25, 0.3) is 11.3 Å². The average molecular weight is 420 g/mol. The van der Waals surface area contributed by atoms with Gasteiger partial charge >= 0.3 is 0 Å². The van der Waals surface area contributed by atoms with Crippen LogP contribution in [-0.2, 0) is 12.8 Å². The van der Waals surface area contributed by atoms with Crippen LogP contribution in [0, 0.1) is 11.8 Å². The molecule has 0 spiro atoms. The number of hydrogen-bond acceptors (Lipinski definition) is 1. The molecule has 0 saturated heterocycles. The molecule has 1 aromatic carbocycles. The molecular formula is C30H45N. The average Bonchev–Trinajstić information content (AvgIpc) is 2.83. The lowest BCUT2D eigenvalue weighted by molar-refractivity contribution is 0.248. The number of pyridine rings is 1. The van der Waals surface area contributed by atoms with Gasteiger partial charge in [-0.15, -0.1) is 0 Å². The Labute approximate surface area is 192 Å². The Morgan fingerprint density at radius 3 is 1.94 bits per heavy atom. The van der Waals surface area contributed by atoms with E-state index in [1.165, 1.54) is 113 Å². The van der Waals surface area contributed by atoms with Crippen molar-refractivity contribution in [1.82, 2.24) is 4.98 Å². The van der Waals surface area contributed by atoms with Crippen LogP contribution in [0.2, 0.25) is 0 Å². The first kappa shape index (κ1) is 24.0. The Morgan fingerprint density at radius 2 is 1.29 bits per heavy atom. The van der Waals surface area contributed by atoms with Crippen LogP contribution in [0.4, 0.5) is 0 Å². The summed E-state index contributed by atoms with van der Waals surface area (Å²) in [5.74, 6) is 1.96. The van der Waals surface area contributed by atoms with Crippen LogP contribution in [-0.4, -0.2) is 4.98 Å². The van der Waals surface area contributed by atoms with E-state index >= 15 is 0 Å². The van der Waals surface area contributed by atoms with Gasteiger partial charge in [0, 0.05) is 11.8 Å². The van der Waals surface area contributed by atoms with Crippen molar-refractivity contribution in [2.24, 2.45) is 11.8 Å². The third-order valence-electron chi connectivity index (χ3n) is 7.42. The summed E-state index contributed by atoms with van der Waals surface area (Å²) in [4.78, 5) is 4.77. The highest BCUT2D eigenvalue weighted by molar-refractivity contribution is 5.59. The highest BCUT2D eigenvalue weighted by Crippen LogP contribution is 2.34. The van der Waals surface area contributed by atoms with Gasteiger partial charge in [-0.2, -0.15) is 0 Å². The molecule has 3 rings (SSSR count). The molecule has 1 nitrogen and oxygen atoms in total. The lowest BCUT2D eigenvalue weighted by Gasteiger charge is -2.28. The second-order valence-corrected chi connectivity index (χ2v) is 9.98. The first-order chi connectivity index (χ1) is 15.3. The maximum absolute atomic E-state index is 4.77. The summed E-state index contributed by atoms with van der Waals surface area (Å²) in [6, 6.07) is 13.5. The SMILES string of the molecule is CCCCCCC[C@H]1CC[C@H](CCc2ccc(-c3ccc(CCCC)cc3)nc2)CC1. The third-order valence-corrected chi connectivity index (χ3v) is 7.42. The summed E-state index contributed by atoms with van der Waals surface area (Å²) in [5, 5.41) is 0. The van der Waals surface area contributed by atoms with Gasteiger partial charge in [-0.25, -0.2) is 0 Å². The van der Waals surface area contributed by atoms with Gasteiger partial charge in [0.1, 0.15) is 0 Å². The van der Waals surface area contributed by atoms with Crippen LogP contribution in [0.15, 0.2) is 42.6 Å². The summed E-state index contributed by atoms with van der Waals surface area (Å²) >= 11 is 0. The van der Waals surface area contributed by atoms with E-state index in [1.54, 1.807) is 0 Å². The fourth-order valence-electron chi connectivity index (χ4n) is 5.18. The van der Waals surface area contributed by atoms with Crippen LogP contribution in [0.5, 0.6) is 0 Å². The number of benzene rings is 1. The standard InChI is InChI=1S/C30H45N/c1-3-5-7-8-9-11-26-12-14-27(15-13-26)16-17-28-20-23-30(31-24-28)29-21-18-25(19-22-29)10-6-4-2/h18-24,26-27H,3-17H2,1-2H3/t26-,27-. The number of unbranched alkanes of at least 4 members (excludes halogenated alkanes) is 5. The summed E-state index contributed by atoms with van der Waals surface area (Å²) in [6.07, 6.45) is 22.9. The molecule has 0 unspecified atom stereocenters. The second-order valence-electron chi connectivity index (χ2n) is 9.98. The maximum Gasteiger partial charge on any atom is 0.0702 e. The van der Waals surface area contributed by atoms with Crippen molar-refractivity contribution in [3.8, 4) is 11.3 Å². The van der Waals surface area contributed by atoms with Crippen molar-refractivity contribution in [1.29, 1.82) is 0 Å². The van der Waals surface area contributed by atoms with Crippen LogP contribution < -0.4 is 0 Å². The van der Waals surface area contributed by atoms with Gasteiger partial charge in [0.15, 0.2) is 0 Å². The van der Waals surface area contributed by atoms with E-state index in [-0.39, 0.29) is 0 Å². The third kappa shape index (κ3) is 8.43.